The SMILES string of the molecule is Cc1cc(C)cc(OCC(=O)NCCCc2ccccc2)c1. The Balaban J connectivity index is 1.65. The van der Waals surface area contributed by atoms with Gasteiger partial charge in [-0.05, 0) is 55.5 Å². The normalized spacial score (nSPS) is 10.3. The van der Waals surface area contributed by atoms with Crippen LogP contribution in [0, 0.1) is 13.8 Å². The van der Waals surface area contributed by atoms with Crippen LogP contribution in [0.25, 0.3) is 0 Å². The average Bonchev–Trinajstić information content (AvgIpc) is 2.50. The Morgan fingerprint density at radius 3 is 2.41 bits per heavy atom. The van der Waals surface area contributed by atoms with Crippen LogP contribution in [0.4, 0.5) is 0 Å². The molecule has 0 bridgehead atoms. The Morgan fingerprint density at radius 1 is 1.05 bits per heavy atom. The molecule has 22 heavy (non-hydrogen) atoms. The fraction of sp³-hybridized carbons (Fsp3) is 0.316. The second kappa shape index (κ2) is 8.23. The Kier molecular flexibility index (Phi) is 6.01. The number of carbonyl (C=O) groups is 1. The van der Waals surface area contributed by atoms with Gasteiger partial charge in [0, 0.05) is 6.54 Å². The monoisotopic (exact) mass is 297 g/mol. The summed E-state index contributed by atoms with van der Waals surface area (Å²) < 4.78 is 5.53. The molecule has 0 aliphatic heterocycles. The molecule has 1 N–H and O–H groups in total. The highest BCUT2D eigenvalue weighted by Crippen LogP contribution is 2.15. The quantitative estimate of drug-likeness (QED) is 0.795. The Hall–Kier alpha value is -2.29. The highest BCUT2D eigenvalue weighted by molar-refractivity contribution is 5.77. The second-order valence-corrected chi connectivity index (χ2v) is 5.55. The summed E-state index contributed by atoms with van der Waals surface area (Å²) in [5, 5.41) is 2.89. The smallest absolute Gasteiger partial charge is 0.257 e. The molecular weight excluding hydrogens is 274 g/mol. The lowest BCUT2D eigenvalue weighted by molar-refractivity contribution is -0.123. The van der Waals surface area contributed by atoms with Crippen LogP contribution in [0.2, 0.25) is 0 Å². The van der Waals surface area contributed by atoms with Gasteiger partial charge in [0.15, 0.2) is 6.61 Å². The van der Waals surface area contributed by atoms with Gasteiger partial charge in [0.05, 0.1) is 0 Å². The summed E-state index contributed by atoms with van der Waals surface area (Å²) >= 11 is 0. The van der Waals surface area contributed by atoms with Gasteiger partial charge < -0.3 is 10.1 Å². The van der Waals surface area contributed by atoms with Gasteiger partial charge in [0.2, 0.25) is 0 Å². The van der Waals surface area contributed by atoms with E-state index in [4.69, 9.17) is 4.74 Å². The summed E-state index contributed by atoms with van der Waals surface area (Å²) in [4.78, 5) is 11.8. The Morgan fingerprint density at radius 2 is 1.73 bits per heavy atom. The van der Waals surface area contributed by atoms with Crippen molar-refractivity contribution in [3.05, 3.63) is 65.2 Å². The van der Waals surface area contributed by atoms with Crippen LogP contribution < -0.4 is 10.1 Å². The maximum atomic E-state index is 11.8. The molecule has 0 aliphatic rings. The number of hydrogen-bond donors (Lipinski definition) is 1. The van der Waals surface area contributed by atoms with E-state index in [0.717, 1.165) is 29.7 Å². The third kappa shape index (κ3) is 5.60. The Bertz CT molecular complexity index is 588. The van der Waals surface area contributed by atoms with Gasteiger partial charge in [-0.2, -0.15) is 0 Å². The molecule has 0 spiro atoms. The van der Waals surface area contributed by atoms with Crippen LogP contribution in [0.5, 0.6) is 5.75 Å². The van der Waals surface area contributed by atoms with Crippen molar-refractivity contribution in [2.45, 2.75) is 26.7 Å². The first-order chi connectivity index (χ1) is 10.6. The van der Waals surface area contributed by atoms with Crippen LogP contribution in [-0.4, -0.2) is 19.1 Å². The molecule has 0 aliphatic carbocycles. The van der Waals surface area contributed by atoms with Crippen molar-refractivity contribution in [1.29, 1.82) is 0 Å². The first-order valence-corrected chi connectivity index (χ1v) is 7.65. The van der Waals surface area contributed by atoms with E-state index in [2.05, 4.69) is 23.5 Å². The fourth-order valence-corrected chi connectivity index (χ4v) is 2.38. The first kappa shape index (κ1) is 16.1. The zero-order valence-corrected chi connectivity index (χ0v) is 13.3. The van der Waals surface area contributed by atoms with Crippen molar-refractivity contribution in [3.8, 4) is 5.75 Å². The molecule has 2 aromatic carbocycles. The lowest BCUT2D eigenvalue weighted by Crippen LogP contribution is -2.29. The maximum absolute atomic E-state index is 11.8. The minimum absolute atomic E-state index is 0.0637. The highest BCUT2D eigenvalue weighted by Gasteiger charge is 2.03. The number of nitrogens with one attached hydrogen (secondary N) is 1. The van der Waals surface area contributed by atoms with Crippen molar-refractivity contribution in [2.24, 2.45) is 0 Å². The van der Waals surface area contributed by atoms with Crippen molar-refractivity contribution >= 4 is 5.91 Å². The standard InChI is InChI=1S/C19H23NO2/c1-15-11-16(2)13-18(12-15)22-14-19(21)20-10-6-9-17-7-4-3-5-8-17/h3-5,7-8,11-13H,6,9-10,14H2,1-2H3,(H,20,21). The van der Waals surface area contributed by atoms with Gasteiger partial charge in [-0.25, -0.2) is 0 Å². The van der Waals surface area contributed by atoms with Gasteiger partial charge in [0.1, 0.15) is 5.75 Å². The number of aryl methyl sites for hydroxylation is 3. The molecule has 0 atom stereocenters. The predicted molar refractivity (Wildman–Crippen MR) is 89.2 cm³/mol. The second-order valence-electron chi connectivity index (χ2n) is 5.55. The number of benzene rings is 2. The predicted octanol–water partition coefficient (Wildman–Crippen LogP) is 3.43. The summed E-state index contributed by atoms with van der Waals surface area (Å²) in [7, 11) is 0. The highest BCUT2D eigenvalue weighted by atomic mass is 16.5. The van der Waals surface area contributed by atoms with Crippen molar-refractivity contribution < 1.29 is 9.53 Å². The molecule has 0 fully saturated rings. The molecule has 2 rings (SSSR count). The summed E-state index contributed by atoms with van der Waals surface area (Å²) in [5.41, 5.74) is 3.57. The summed E-state index contributed by atoms with van der Waals surface area (Å²) in [5.74, 6) is 0.671. The fourth-order valence-electron chi connectivity index (χ4n) is 2.38. The zero-order chi connectivity index (χ0) is 15.8. The molecule has 0 radical (unpaired) electrons. The van der Waals surface area contributed by atoms with E-state index >= 15 is 0 Å². The topological polar surface area (TPSA) is 38.3 Å². The third-order valence-corrected chi connectivity index (χ3v) is 3.37. The van der Waals surface area contributed by atoms with E-state index in [9.17, 15) is 4.79 Å². The van der Waals surface area contributed by atoms with E-state index < -0.39 is 0 Å². The van der Waals surface area contributed by atoms with E-state index in [1.807, 2.05) is 44.2 Å². The summed E-state index contributed by atoms with van der Waals surface area (Å²) in [6, 6.07) is 16.2. The number of carbonyl (C=O) groups excluding carboxylic acids is 1. The van der Waals surface area contributed by atoms with Crippen molar-refractivity contribution in [1.82, 2.24) is 5.32 Å². The van der Waals surface area contributed by atoms with Crippen LogP contribution in [0.3, 0.4) is 0 Å². The molecule has 3 nitrogen and oxygen atoms in total. The van der Waals surface area contributed by atoms with Crippen LogP contribution in [-0.2, 0) is 11.2 Å². The minimum atomic E-state index is -0.0766. The van der Waals surface area contributed by atoms with Crippen molar-refractivity contribution in [3.63, 3.8) is 0 Å². The van der Waals surface area contributed by atoms with Gasteiger partial charge in [-0.15, -0.1) is 0 Å². The third-order valence-electron chi connectivity index (χ3n) is 3.37. The molecular formula is C19H23NO2. The van der Waals surface area contributed by atoms with E-state index in [-0.39, 0.29) is 12.5 Å². The molecule has 0 aromatic heterocycles. The summed E-state index contributed by atoms with van der Waals surface area (Å²) in [6.07, 6.45) is 1.90. The van der Waals surface area contributed by atoms with E-state index in [1.54, 1.807) is 0 Å². The first-order valence-electron chi connectivity index (χ1n) is 7.65. The van der Waals surface area contributed by atoms with E-state index in [0.29, 0.717) is 6.54 Å². The van der Waals surface area contributed by atoms with Crippen LogP contribution in [0.15, 0.2) is 48.5 Å². The van der Waals surface area contributed by atoms with Gasteiger partial charge >= 0.3 is 0 Å². The van der Waals surface area contributed by atoms with Crippen molar-refractivity contribution in [2.75, 3.05) is 13.2 Å². The molecule has 1 amide bonds. The van der Waals surface area contributed by atoms with Gasteiger partial charge in [-0.1, -0.05) is 36.4 Å². The van der Waals surface area contributed by atoms with E-state index in [1.165, 1.54) is 5.56 Å². The largest absolute Gasteiger partial charge is 0.484 e. The Labute approximate surface area is 132 Å². The molecule has 0 unspecified atom stereocenters. The summed E-state index contributed by atoms with van der Waals surface area (Å²) in [6.45, 7) is 4.77. The molecule has 0 saturated carbocycles. The minimum Gasteiger partial charge on any atom is -0.484 e. The average molecular weight is 297 g/mol. The number of amides is 1. The maximum Gasteiger partial charge on any atom is 0.257 e. The van der Waals surface area contributed by atoms with Gasteiger partial charge in [0.25, 0.3) is 5.91 Å². The lowest BCUT2D eigenvalue weighted by atomic mass is 10.1. The number of ether oxygens (including phenoxy) is 1. The van der Waals surface area contributed by atoms with Gasteiger partial charge in [-0.3, -0.25) is 4.79 Å². The van der Waals surface area contributed by atoms with Crippen LogP contribution >= 0.6 is 0 Å². The molecule has 3 heteroatoms. The molecule has 116 valence electrons. The molecule has 0 heterocycles. The van der Waals surface area contributed by atoms with Crippen LogP contribution in [0.1, 0.15) is 23.1 Å². The zero-order valence-electron chi connectivity index (χ0n) is 13.3. The molecule has 0 saturated heterocycles. The number of hydrogen-bond acceptors (Lipinski definition) is 2. The number of rotatable bonds is 7. The lowest BCUT2D eigenvalue weighted by Gasteiger charge is -2.09. The molecule has 2 aromatic rings.